The fourth-order valence-electron chi connectivity index (χ4n) is 1.49. The van der Waals surface area contributed by atoms with Gasteiger partial charge in [0.2, 0.25) is 0 Å². The fraction of sp³-hybridized carbons (Fsp3) is 0.100. The first-order chi connectivity index (χ1) is 7.48. The van der Waals surface area contributed by atoms with Crippen LogP contribution in [0.15, 0.2) is 35.4 Å². The van der Waals surface area contributed by atoms with Gasteiger partial charge in [0.1, 0.15) is 0 Å². The summed E-state index contributed by atoms with van der Waals surface area (Å²) in [4.78, 5) is 6.91. The monoisotopic (exact) mass is 237 g/mol. The third kappa shape index (κ3) is 1.92. The van der Waals surface area contributed by atoms with E-state index in [1.807, 2.05) is 0 Å². The van der Waals surface area contributed by atoms with Gasteiger partial charge in [-0.25, -0.2) is 13.4 Å². The molecule has 0 aliphatic heterocycles. The Kier molecular flexibility index (Phi) is 2.43. The number of nitrogens with one attached hydrogen (secondary N) is 1. The molecular formula is C10H11N3O2S. The molecule has 1 aromatic carbocycles. The van der Waals surface area contributed by atoms with Crippen LogP contribution in [0.1, 0.15) is 0 Å². The van der Waals surface area contributed by atoms with Gasteiger partial charge < -0.3 is 10.7 Å². The molecule has 0 unspecified atom stereocenters. The summed E-state index contributed by atoms with van der Waals surface area (Å²) in [5, 5.41) is 0. The number of anilines is 1. The maximum atomic E-state index is 11.6. The maximum Gasteiger partial charge on any atom is 0.197 e. The average molecular weight is 237 g/mol. The summed E-state index contributed by atoms with van der Waals surface area (Å²) in [7, 11) is -3.26. The number of H-pyrrole nitrogens is 1. The Morgan fingerprint density at radius 2 is 2.00 bits per heavy atom. The van der Waals surface area contributed by atoms with E-state index in [0.717, 1.165) is 0 Å². The smallest absolute Gasteiger partial charge is 0.197 e. The summed E-state index contributed by atoms with van der Waals surface area (Å²) in [6.45, 7) is 0. The lowest BCUT2D eigenvalue weighted by Crippen LogP contribution is -1.99. The highest BCUT2D eigenvalue weighted by Crippen LogP contribution is 2.25. The van der Waals surface area contributed by atoms with E-state index in [2.05, 4.69) is 9.97 Å². The number of nitrogens with two attached hydrogens (primary N) is 1. The molecule has 0 atom stereocenters. The van der Waals surface area contributed by atoms with E-state index in [4.69, 9.17) is 5.73 Å². The van der Waals surface area contributed by atoms with Gasteiger partial charge in [0.15, 0.2) is 15.8 Å². The second-order valence-electron chi connectivity index (χ2n) is 3.45. The number of hydrogen-bond acceptors (Lipinski definition) is 4. The topological polar surface area (TPSA) is 88.8 Å². The maximum absolute atomic E-state index is 11.6. The first kappa shape index (κ1) is 10.7. The van der Waals surface area contributed by atoms with Crippen molar-refractivity contribution in [1.82, 2.24) is 9.97 Å². The SMILES string of the molecule is CS(=O)(=O)c1ccccc1-c1cnc(N)[nH]1. The predicted molar refractivity (Wildman–Crippen MR) is 61.5 cm³/mol. The summed E-state index contributed by atoms with van der Waals surface area (Å²) in [5.41, 5.74) is 6.63. The molecule has 2 aromatic rings. The predicted octanol–water partition coefficient (Wildman–Crippen LogP) is 1.06. The fourth-order valence-corrected chi connectivity index (χ4v) is 2.39. The molecular weight excluding hydrogens is 226 g/mol. The van der Waals surface area contributed by atoms with Crippen molar-refractivity contribution in [3.05, 3.63) is 30.5 Å². The standard InChI is InChI=1S/C10H11N3O2S/c1-16(14,15)9-5-3-2-4-7(9)8-6-12-10(11)13-8/h2-6H,1H3,(H3,11,12,13). The number of imidazole rings is 1. The summed E-state index contributed by atoms with van der Waals surface area (Å²) in [5.74, 6) is 0.262. The first-order valence-corrected chi connectivity index (χ1v) is 6.47. The molecule has 3 N–H and O–H groups in total. The van der Waals surface area contributed by atoms with Crippen LogP contribution >= 0.6 is 0 Å². The molecule has 0 aliphatic rings. The number of aromatic amines is 1. The molecule has 16 heavy (non-hydrogen) atoms. The summed E-state index contributed by atoms with van der Waals surface area (Å²) in [6.07, 6.45) is 2.69. The third-order valence-electron chi connectivity index (χ3n) is 2.17. The Morgan fingerprint density at radius 1 is 1.31 bits per heavy atom. The lowest BCUT2D eigenvalue weighted by Gasteiger charge is -2.04. The van der Waals surface area contributed by atoms with Crippen LogP contribution < -0.4 is 5.73 Å². The number of rotatable bonds is 2. The van der Waals surface area contributed by atoms with Crippen molar-refractivity contribution in [2.45, 2.75) is 4.90 Å². The minimum atomic E-state index is -3.26. The van der Waals surface area contributed by atoms with Crippen molar-refractivity contribution in [3.8, 4) is 11.3 Å². The van der Waals surface area contributed by atoms with Crippen molar-refractivity contribution in [1.29, 1.82) is 0 Å². The van der Waals surface area contributed by atoms with Crippen LogP contribution in [-0.2, 0) is 9.84 Å². The lowest BCUT2D eigenvalue weighted by atomic mass is 10.2. The zero-order chi connectivity index (χ0) is 11.8. The molecule has 0 bridgehead atoms. The van der Waals surface area contributed by atoms with E-state index in [-0.39, 0.29) is 10.8 Å². The second-order valence-corrected chi connectivity index (χ2v) is 5.43. The van der Waals surface area contributed by atoms with E-state index in [9.17, 15) is 8.42 Å². The molecule has 0 saturated carbocycles. The van der Waals surface area contributed by atoms with E-state index < -0.39 is 9.84 Å². The number of nitrogen functional groups attached to an aromatic ring is 1. The van der Waals surface area contributed by atoms with Crippen molar-refractivity contribution >= 4 is 15.8 Å². The van der Waals surface area contributed by atoms with Gasteiger partial charge in [-0.2, -0.15) is 0 Å². The average Bonchev–Trinajstić information content (AvgIpc) is 2.64. The number of aromatic nitrogens is 2. The quantitative estimate of drug-likeness (QED) is 0.817. The Hall–Kier alpha value is -1.82. The lowest BCUT2D eigenvalue weighted by molar-refractivity contribution is 0.602. The number of benzene rings is 1. The van der Waals surface area contributed by atoms with E-state index in [0.29, 0.717) is 11.3 Å². The summed E-state index contributed by atoms with van der Waals surface area (Å²) >= 11 is 0. The van der Waals surface area contributed by atoms with Gasteiger partial charge in [0, 0.05) is 11.8 Å². The van der Waals surface area contributed by atoms with Crippen LogP contribution in [0.5, 0.6) is 0 Å². The van der Waals surface area contributed by atoms with Gasteiger partial charge in [-0.05, 0) is 6.07 Å². The van der Waals surface area contributed by atoms with Gasteiger partial charge in [-0.3, -0.25) is 0 Å². The van der Waals surface area contributed by atoms with E-state index in [1.54, 1.807) is 24.3 Å². The number of nitrogens with zero attached hydrogens (tertiary/aromatic N) is 1. The Bertz CT molecular complexity index is 616. The highest BCUT2D eigenvalue weighted by molar-refractivity contribution is 7.90. The summed E-state index contributed by atoms with van der Waals surface area (Å²) in [6, 6.07) is 6.71. The molecule has 1 heterocycles. The molecule has 5 nitrogen and oxygen atoms in total. The van der Waals surface area contributed by atoms with Crippen LogP contribution in [0, 0.1) is 0 Å². The number of sulfone groups is 1. The highest BCUT2D eigenvalue weighted by Gasteiger charge is 2.14. The van der Waals surface area contributed by atoms with Crippen molar-refractivity contribution in [2.75, 3.05) is 12.0 Å². The molecule has 0 aliphatic carbocycles. The van der Waals surface area contributed by atoms with Gasteiger partial charge in [-0.15, -0.1) is 0 Å². The molecule has 0 radical (unpaired) electrons. The van der Waals surface area contributed by atoms with Gasteiger partial charge in [0.05, 0.1) is 16.8 Å². The molecule has 6 heteroatoms. The van der Waals surface area contributed by atoms with Crippen LogP contribution in [-0.4, -0.2) is 24.6 Å². The van der Waals surface area contributed by atoms with Crippen molar-refractivity contribution < 1.29 is 8.42 Å². The first-order valence-electron chi connectivity index (χ1n) is 4.58. The molecule has 84 valence electrons. The van der Waals surface area contributed by atoms with Gasteiger partial charge in [-0.1, -0.05) is 18.2 Å². The van der Waals surface area contributed by atoms with Crippen molar-refractivity contribution in [3.63, 3.8) is 0 Å². The van der Waals surface area contributed by atoms with Gasteiger partial charge >= 0.3 is 0 Å². The van der Waals surface area contributed by atoms with Gasteiger partial charge in [0.25, 0.3) is 0 Å². The normalized spacial score (nSPS) is 11.6. The zero-order valence-electron chi connectivity index (χ0n) is 8.64. The number of hydrogen-bond donors (Lipinski definition) is 2. The second kappa shape index (κ2) is 3.64. The Labute approximate surface area is 93.2 Å². The molecule has 0 saturated heterocycles. The zero-order valence-corrected chi connectivity index (χ0v) is 9.45. The molecule has 0 fully saturated rings. The molecule has 1 aromatic heterocycles. The summed E-state index contributed by atoms with van der Waals surface area (Å²) < 4.78 is 23.1. The largest absolute Gasteiger partial charge is 0.369 e. The van der Waals surface area contributed by atoms with E-state index in [1.165, 1.54) is 12.5 Å². The van der Waals surface area contributed by atoms with Crippen molar-refractivity contribution in [2.24, 2.45) is 0 Å². The van der Waals surface area contributed by atoms with E-state index >= 15 is 0 Å². The van der Waals surface area contributed by atoms with Crippen LogP contribution in [0.3, 0.4) is 0 Å². The Morgan fingerprint density at radius 3 is 2.56 bits per heavy atom. The van der Waals surface area contributed by atoms with Crippen LogP contribution in [0.25, 0.3) is 11.3 Å². The minimum absolute atomic E-state index is 0.262. The third-order valence-corrected chi connectivity index (χ3v) is 3.33. The minimum Gasteiger partial charge on any atom is -0.369 e. The molecule has 0 amide bonds. The molecule has 2 rings (SSSR count). The molecule has 0 spiro atoms. The van der Waals surface area contributed by atoms with Crippen LogP contribution in [0.2, 0.25) is 0 Å². The highest BCUT2D eigenvalue weighted by atomic mass is 32.2. The Balaban J connectivity index is 2.66. The van der Waals surface area contributed by atoms with Crippen LogP contribution in [0.4, 0.5) is 5.95 Å².